The van der Waals surface area contributed by atoms with Crippen LogP contribution >= 0.6 is 11.6 Å². The van der Waals surface area contributed by atoms with Gasteiger partial charge in [-0.3, -0.25) is 14.4 Å². The first-order valence-corrected chi connectivity index (χ1v) is 14.0. The van der Waals surface area contributed by atoms with Gasteiger partial charge in [-0.2, -0.15) is 13.2 Å². The van der Waals surface area contributed by atoms with Gasteiger partial charge in [-0.05, 0) is 67.3 Å². The Morgan fingerprint density at radius 2 is 1.82 bits per heavy atom. The number of anilines is 3. The monoisotopic (exact) mass is 576 g/mol. The van der Waals surface area contributed by atoms with Crippen LogP contribution in [0.25, 0.3) is 0 Å². The van der Waals surface area contributed by atoms with Gasteiger partial charge < -0.3 is 21.3 Å². The third-order valence-electron chi connectivity index (χ3n) is 7.97. The van der Waals surface area contributed by atoms with Crippen LogP contribution in [0.1, 0.15) is 56.4 Å². The van der Waals surface area contributed by atoms with Crippen LogP contribution in [0.4, 0.5) is 30.2 Å². The van der Waals surface area contributed by atoms with Crippen molar-refractivity contribution < 1.29 is 27.6 Å². The van der Waals surface area contributed by atoms with Crippen LogP contribution < -0.4 is 21.3 Å². The zero-order chi connectivity index (χ0) is 28.6. The molecular formula is C29H32ClF3N4O3. The second-order valence-corrected chi connectivity index (χ2v) is 11.5. The zero-order valence-electron chi connectivity index (χ0n) is 21.8. The highest BCUT2D eigenvalue weighted by Gasteiger charge is 2.41. The molecule has 1 aliphatic heterocycles. The van der Waals surface area contributed by atoms with Crippen molar-refractivity contribution in [1.29, 1.82) is 0 Å². The smallest absolute Gasteiger partial charge is 0.369 e. The molecule has 0 saturated heterocycles. The number of carbonyl (C=O) groups is 3. The molecule has 2 fully saturated rings. The number of fused-ring (bicyclic) bond motifs is 1. The fourth-order valence-corrected chi connectivity index (χ4v) is 5.68. The summed E-state index contributed by atoms with van der Waals surface area (Å²) < 4.78 is 39.6. The summed E-state index contributed by atoms with van der Waals surface area (Å²) in [5.41, 5.74) is 8.55. The number of hydrogen-bond acceptors (Lipinski definition) is 4. The van der Waals surface area contributed by atoms with E-state index < -0.39 is 54.6 Å². The van der Waals surface area contributed by atoms with Crippen molar-refractivity contribution >= 4 is 46.4 Å². The van der Waals surface area contributed by atoms with E-state index in [1.54, 1.807) is 18.2 Å². The molecule has 3 aliphatic rings. The number of halogens is 4. The Morgan fingerprint density at radius 1 is 1.10 bits per heavy atom. The molecule has 0 bridgehead atoms. The number of alkyl halides is 3. The molecule has 0 aromatic heterocycles. The van der Waals surface area contributed by atoms with E-state index in [1.165, 1.54) is 5.56 Å². The molecule has 0 radical (unpaired) electrons. The number of carbonyl (C=O) groups excluding carboxylic acids is 3. The maximum absolute atomic E-state index is 13.6. The molecule has 2 aromatic carbocycles. The Morgan fingerprint density at radius 3 is 2.48 bits per heavy atom. The molecule has 2 aliphatic carbocycles. The van der Waals surface area contributed by atoms with Crippen LogP contribution in [0.5, 0.6) is 0 Å². The lowest BCUT2D eigenvalue weighted by Crippen LogP contribution is -2.52. The Hall–Kier alpha value is -3.27. The molecular weight excluding hydrogens is 545 g/mol. The molecule has 11 heteroatoms. The van der Waals surface area contributed by atoms with Gasteiger partial charge in [0, 0.05) is 23.9 Å². The van der Waals surface area contributed by atoms with Crippen LogP contribution in [-0.4, -0.2) is 36.5 Å². The number of amides is 3. The van der Waals surface area contributed by atoms with Gasteiger partial charge >= 0.3 is 6.18 Å². The Balaban J connectivity index is 1.44. The van der Waals surface area contributed by atoms with Crippen molar-refractivity contribution in [3.63, 3.8) is 0 Å². The maximum Gasteiger partial charge on any atom is 0.389 e. The number of hydrogen-bond donors (Lipinski definition) is 3. The largest absolute Gasteiger partial charge is 0.389 e. The summed E-state index contributed by atoms with van der Waals surface area (Å²) in [7, 11) is 0. The minimum Gasteiger partial charge on any atom is -0.369 e. The van der Waals surface area contributed by atoms with E-state index in [0.29, 0.717) is 22.3 Å². The van der Waals surface area contributed by atoms with Gasteiger partial charge in [0.25, 0.3) is 0 Å². The summed E-state index contributed by atoms with van der Waals surface area (Å²) in [6, 6.07) is 12.0. The van der Waals surface area contributed by atoms with Crippen molar-refractivity contribution in [2.24, 2.45) is 23.5 Å². The van der Waals surface area contributed by atoms with E-state index in [2.05, 4.69) is 16.7 Å². The van der Waals surface area contributed by atoms with Crippen LogP contribution in [0.3, 0.4) is 0 Å². The fourth-order valence-electron chi connectivity index (χ4n) is 5.46. The van der Waals surface area contributed by atoms with E-state index in [9.17, 15) is 27.6 Å². The lowest BCUT2D eigenvalue weighted by Gasteiger charge is -2.30. The normalized spacial score (nSPS) is 20.6. The van der Waals surface area contributed by atoms with Gasteiger partial charge in [0.2, 0.25) is 17.7 Å². The SMILES string of the molecule is NC(=O)C(CC1CC1)C(CCC(F)(F)F)C(=O)N[C@H]1CN(c2cccc(C3CC3)c2)c2cccc(Cl)c2NC1=O. The van der Waals surface area contributed by atoms with Crippen LogP contribution in [0.15, 0.2) is 42.5 Å². The average molecular weight is 577 g/mol. The number of benzene rings is 2. The van der Waals surface area contributed by atoms with Gasteiger partial charge in [0.1, 0.15) is 6.04 Å². The molecule has 4 N–H and O–H groups in total. The fraction of sp³-hybridized carbons (Fsp3) is 0.483. The quantitative estimate of drug-likeness (QED) is 0.340. The summed E-state index contributed by atoms with van der Waals surface area (Å²) in [4.78, 5) is 41.1. The van der Waals surface area contributed by atoms with Crippen molar-refractivity contribution in [2.75, 3.05) is 16.8 Å². The minimum atomic E-state index is -4.51. The van der Waals surface area contributed by atoms with Crippen molar-refractivity contribution in [3.8, 4) is 0 Å². The lowest BCUT2D eigenvalue weighted by atomic mass is 9.83. The molecule has 2 saturated carbocycles. The van der Waals surface area contributed by atoms with Crippen LogP contribution in [0, 0.1) is 17.8 Å². The van der Waals surface area contributed by atoms with Crippen molar-refractivity contribution in [2.45, 2.75) is 63.1 Å². The Labute approximate surface area is 235 Å². The average Bonchev–Trinajstić information content (AvgIpc) is 3.80. The van der Waals surface area contributed by atoms with Gasteiger partial charge in [0.15, 0.2) is 0 Å². The minimum absolute atomic E-state index is 0.00882. The third kappa shape index (κ3) is 6.71. The van der Waals surface area contributed by atoms with Crippen LogP contribution in [0.2, 0.25) is 5.02 Å². The molecule has 2 aromatic rings. The number of rotatable bonds is 10. The highest BCUT2D eigenvalue weighted by atomic mass is 35.5. The molecule has 3 atom stereocenters. The Bertz CT molecular complexity index is 1300. The molecule has 1 heterocycles. The predicted molar refractivity (Wildman–Crippen MR) is 146 cm³/mol. The van der Waals surface area contributed by atoms with Crippen molar-refractivity contribution in [3.05, 3.63) is 53.1 Å². The van der Waals surface area contributed by atoms with E-state index in [1.807, 2.05) is 23.1 Å². The lowest BCUT2D eigenvalue weighted by molar-refractivity contribution is -0.146. The first-order chi connectivity index (χ1) is 19.0. The van der Waals surface area contributed by atoms with E-state index in [0.717, 1.165) is 31.4 Å². The topological polar surface area (TPSA) is 105 Å². The van der Waals surface area contributed by atoms with Gasteiger partial charge in [-0.25, -0.2) is 0 Å². The third-order valence-corrected chi connectivity index (χ3v) is 8.29. The molecule has 40 heavy (non-hydrogen) atoms. The van der Waals surface area contributed by atoms with Gasteiger partial charge in [0.05, 0.1) is 22.9 Å². The first kappa shape index (κ1) is 28.3. The number of primary amides is 1. The van der Waals surface area contributed by atoms with E-state index in [4.69, 9.17) is 17.3 Å². The number of nitrogens with zero attached hydrogens (tertiary/aromatic N) is 1. The standard InChI is InChI=1S/C29H32ClF3N4O3/c30-22-5-2-6-24-25(22)36-28(40)23(15-37(24)19-4-1-3-18(14-19)17-9-10-17)35-27(39)20(11-12-29(31,32)33)21(26(34)38)13-16-7-8-16/h1-6,14,16-17,20-21,23H,7-13,15H2,(H2,34,38)(H,35,39)(H,36,40)/t20?,21?,23-/m0/s1. The highest BCUT2D eigenvalue weighted by molar-refractivity contribution is 6.34. The summed E-state index contributed by atoms with van der Waals surface area (Å²) >= 11 is 6.46. The van der Waals surface area contributed by atoms with E-state index >= 15 is 0 Å². The molecule has 7 nitrogen and oxygen atoms in total. The molecule has 2 unspecified atom stereocenters. The molecule has 214 valence electrons. The maximum atomic E-state index is 13.6. The van der Waals surface area contributed by atoms with Crippen LogP contribution in [-0.2, 0) is 14.4 Å². The number of nitrogens with two attached hydrogens (primary N) is 1. The van der Waals surface area contributed by atoms with Crippen molar-refractivity contribution in [1.82, 2.24) is 5.32 Å². The first-order valence-electron chi connectivity index (χ1n) is 13.6. The summed E-state index contributed by atoms with van der Waals surface area (Å²) in [5.74, 6) is -3.89. The van der Waals surface area contributed by atoms with Gasteiger partial charge in [-0.1, -0.05) is 42.6 Å². The Kier molecular flexibility index (Phi) is 7.99. The molecule has 0 spiro atoms. The second kappa shape index (κ2) is 11.3. The zero-order valence-corrected chi connectivity index (χ0v) is 22.6. The summed E-state index contributed by atoms with van der Waals surface area (Å²) in [6.45, 7) is 0.00882. The second-order valence-electron chi connectivity index (χ2n) is 11.1. The number of nitrogens with one attached hydrogen (secondary N) is 2. The molecule has 3 amide bonds. The summed E-state index contributed by atoms with van der Waals surface area (Å²) in [6.07, 6.45) is -2.20. The summed E-state index contributed by atoms with van der Waals surface area (Å²) in [5, 5.41) is 5.76. The number of para-hydroxylation sites is 1. The predicted octanol–water partition coefficient (Wildman–Crippen LogP) is 5.65. The highest BCUT2D eigenvalue weighted by Crippen LogP contribution is 2.44. The van der Waals surface area contributed by atoms with E-state index in [-0.39, 0.29) is 18.9 Å². The van der Waals surface area contributed by atoms with Gasteiger partial charge in [-0.15, -0.1) is 0 Å². The molecule has 5 rings (SSSR count).